The highest BCUT2D eigenvalue weighted by molar-refractivity contribution is 9.10. The molecular weight excluding hydrogens is 490 g/mol. The summed E-state index contributed by atoms with van der Waals surface area (Å²) in [5.41, 5.74) is 2.08. The summed E-state index contributed by atoms with van der Waals surface area (Å²) in [4.78, 5) is 40.6. The first-order valence-corrected chi connectivity index (χ1v) is 11.9. The number of amides is 2. The van der Waals surface area contributed by atoms with Crippen molar-refractivity contribution in [3.8, 4) is 5.75 Å². The third kappa shape index (κ3) is 3.88. The number of hydrogen-bond acceptors (Lipinski definition) is 5. The highest BCUT2D eigenvalue weighted by Gasteiger charge is 2.49. The summed E-state index contributed by atoms with van der Waals surface area (Å²) >= 11 is 3.25. The molecule has 9 heteroatoms. The Morgan fingerprint density at radius 3 is 2.58 bits per heavy atom. The van der Waals surface area contributed by atoms with Crippen LogP contribution in [0.1, 0.15) is 40.7 Å². The maximum Gasteiger partial charge on any atom is 0.284 e. The third-order valence-electron chi connectivity index (χ3n) is 7.18. The molecule has 3 aliphatic heterocycles. The first kappa shape index (κ1) is 21.9. The molecule has 0 aromatic heterocycles. The van der Waals surface area contributed by atoms with Crippen molar-refractivity contribution in [2.75, 3.05) is 26.2 Å². The largest absolute Gasteiger partial charge is 0.493 e. The SMILES string of the molecule is O=C(Cc1ccc2c(c1)CCO2)N1CCC2(CC1)CCN2C(=O)c1cccc([N+](=O)[O-])c1Br. The molecule has 2 amide bonds. The lowest BCUT2D eigenvalue weighted by atomic mass is 9.76. The molecule has 2 aromatic rings. The normalized spacial score (nSPS) is 18.5. The Balaban J connectivity index is 1.23. The maximum atomic E-state index is 13.2. The van der Waals surface area contributed by atoms with E-state index in [1.54, 1.807) is 6.07 Å². The number of piperidine rings is 1. The van der Waals surface area contributed by atoms with Crippen LogP contribution < -0.4 is 4.74 Å². The highest BCUT2D eigenvalue weighted by Crippen LogP contribution is 2.42. The Kier molecular flexibility index (Phi) is 5.60. The van der Waals surface area contributed by atoms with Crippen molar-refractivity contribution >= 4 is 33.4 Å². The monoisotopic (exact) mass is 513 g/mol. The van der Waals surface area contributed by atoms with E-state index in [1.807, 2.05) is 21.9 Å². The van der Waals surface area contributed by atoms with E-state index in [0.29, 0.717) is 38.2 Å². The minimum atomic E-state index is -0.495. The fourth-order valence-corrected chi connectivity index (χ4v) is 5.74. The second-order valence-corrected chi connectivity index (χ2v) is 9.72. The maximum absolute atomic E-state index is 13.2. The number of nitro groups is 1. The molecule has 3 heterocycles. The van der Waals surface area contributed by atoms with Crippen LogP contribution in [0, 0.1) is 10.1 Å². The molecule has 5 rings (SSSR count). The molecule has 0 unspecified atom stereocenters. The summed E-state index contributed by atoms with van der Waals surface area (Å²) in [6.07, 6.45) is 3.57. The molecule has 8 nitrogen and oxygen atoms in total. The van der Waals surface area contributed by atoms with E-state index in [2.05, 4.69) is 22.0 Å². The minimum Gasteiger partial charge on any atom is -0.493 e. The van der Waals surface area contributed by atoms with Crippen LogP contribution >= 0.6 is 15.9 Å². The van der Waals surface area contributed by atoms with Crippen molar-refractivity contribution in [2.24, 2.45) is 0 Å². The number of carbonyl (C=O) groups excluding carboxylic acids is 2. The smallest absolute Gasteiger partial charge is 0.284 e. The van der Waals surface area contributed by atoms with E-state index in [-0.39, 0.29) is 27.5 Å². The van der Waals surface area contributed by atoms with Gasteiger partial charge in [0, 0.05) is 37.7 Å². The summed E-state index contributed by atoms with van der Waals surface area (Å²) in [5.74, 6) is 0.815. The standard InChI is InChI=1S/C24H24BrN3O5/c25-22-18(2-1-3-19(22)28(31)32)23(30)27-12-9-24(27)7-10-26(11-8-24)21(29)15-16-4-5-20-17(14-16)6-13-33-20/h1-5,14H,6-13,15H2. The Labute approximate surface area is 199 Å². The van der Waals surface area contributed by atoms with Crippen LogP contribution in [0.2, 0.25) is 0 Å². The van der Waals surface area contributed by atoms with Crippen molar-refractivity contribution in [1.29, 1.82) is 0 Å². The molecule has 0 aliphatic carbocycles. The number of likely N-dealkylation sites (tertiary alicyclic amines) is 2. The number of benzene rings is 2. The second kappa shape index (κ2) is 8.44. The second-order valence-electron chi connectivity index (χ2n) is 8.93. The fraction of sp³-hybridized carbons (Fsp3) is 0.417. The van der Waals surface area contributed by atoms with E-state index >= 15 is 0 Å². The summed E-state index contributed by atoms with van der Waals surface area (Å²) in [6, 6.07) is 10.5. The number of halogens is 1. The molecule has 2 aromatic carbocycles. The lowest BCUT2D eigenvalue weighted by Gasteiger charge is -2.56. The molecule has 2 fully saturated rings. The lowest BCUT2D eigenvalue weighted by Crippen LogP contribution is -2.66. The van der Waals surface area contributed by atoms with Gasteiger partial charge >= 0.3 is 0 Å². The summed E-state index contributed by atoms with van der Waals surface area (Å²) < 4.78 is 5.76. The predicted octanol–water partition coefficient (Wildman–Crippen LogP) is 3.74. The zero-order valence-electron chi connectivity index (χ0n) is 18.1. The van der Waals surface area contributed by atoms with Crippen LogP contribution in [0.5, 0.6) is 5.75 Å². The summed E-state index contributed by atoms with van der Waals surface area (Å²) in [6.45, 7) is 2.53. The van der Waals surface area contributed by atoms with E-state index in [0.717, 1.165) is 42.6 Å². The topological polar surface area (TPSA) is 93.0 Å². The average molecular weight is 514 g/mol. The number of carbonyl (C=O) groups is 2. The van der Waals surface area contributed by atoms with Gasteiger partial charge < -0.3 is 14.5 Å². The van der Waals surface area contributed by atoms with Crippen LogP contribution in [-0.4, -0.2) is 58.3 Å². The average Bonchev–Trinajstić information content (AvgIpc) is 3.26. The van der Waals surface area contributed by atoms with Gasteiger partial charge in [-0.1, -0.05) is 18.2 Å². The zero-order chi connectivity index (χ0) is 23.2. The lowest BCUT2D eigenvalue weighted by molar-refractivity contribution is -0.385. The Morgan fingerprint density at radius 2 is 1.88 bits per heavy atom. The van der Waals surface area contributed by atoms with Gasteiger partial charge in [-0.3, -0.25) is 19.7 Å². The Hall–Kier alpha value is -2.94. The van der Waals surface area contributed by atoms with Gasteiger partial charge in [-0.15, -0.1) is 0 Å². The number of nitrogens with zero attached hydrogens (tertiary/aromatic N) is 3. The first-order valence-electron chi connectivity index (χ1n) is 11.2. The van der Waals surface area contributed by atoms with Gasteiger partial charge in [0.05, 0.1) is 23.5 Å². The molecule has 0 N–H and O–H groups in total. The number of ether oxygens (including phenoxy) is 1. The van der Waals surface area contributed by atoms with Gasteiger partial charge in [0.25, 0.3) is 11.6 Å². The van der Waals surface area contributed by atoms with Crippen molar-refractivity contribution in [1.82, 2.24) is 9.80 Å². The molecule has 172 valence electrons. The van der Waals surface area contributed by atoms with Gasteiger partial charge in [0.2, 0.25) is 5.91 Å². The van der Waals surface area contributed by atoms with Crippen LogP contribution in [0.3, 0.4) is 0 Å². The van der Waals surface area contributed by atoms with E-state index in [1.165, 1.54) is 12.1 Å². The number of hydrogen-bond donors (Lipinski definition) is 0. The molecular formula is C24H24BrN3O5. The van der Waals surface area contributed by atoms with Crippen LogP contribution in [0.15, 0.2) is 40.9 Å². The van der Waals surface area contributed by atoms with Gasteiger partial charge in [0.1, 0.15) is 10.2 Å². The van der Waals surface area contributed by atoms with Crippen molar-refractivity contribution in [3.05, 3.63) is 67.7 Å². The van der Waals surface area contributed by atoms with Crippen LogP contribution in [-0.2, 0) is 17.6 Å². The quantitative estimate of drug-likeness (QED) is 0.458. The predicted molar refractivity (Wildman–Crippen MR) is 124 cm³/mol. The molecule has 0 atom stereocenters. The molecule has 2 saturated heterocycles. The zero-order valence-corrected chi connectivity index (χ0v) is 19.7. The Bertz CT molecular complexity index is 1140. The Morgan fingerprint density at radius 1 is 1.12 bits per heavy atom. The summed E-state index contributed by atoms with van der Waals surface area (Å²) in [5, 5.41) is 11.2. The highest BCUT2D eigenvalue weighted by atomic mass is 79.9. The van der Waals surface area contributed by atoms with Crippen LogP contribution in [0.4, 0.5) is 5.69 Å². The van der Waals surface area contributed by atoms with Gasteiger partial charge in [-0.2, -0.15) is 0 Å². The van der Waals surface area contributed by atoms with E-state index < -0.39 is 4.92 Å². The van der Waals surface area contributed by atoms with Gasteiger partial charge in [-0.25, -0.2) is 0 Å². The van der Waals surface area contributed by atoms with Gasteiger partial charge in [0.15, 0.2) is 0 Å². The number of fused-ring (bicyclic) bond motifs is 1. The van der Waals surface area contributed by atoms with E-state index in [4.69, 9.17) is 4.74 Å². The third-order valence-corrected chi connectivity index (χ3v) is 8.01. The molecule has 1 spiro atoms. The van der Waals surface area contributed by atoms with Crippen LogP contribution in [0.25, 0.3) is 0 Å². The molecule has 0 saturated carbocycles. The number of nitro benzene ring substituents is 1. The molecule has 33 heavy (non-hydrogen) atoms. The van der Waals surface area contributed by atoms with Crippen molar-refractivity contribution < 1.29 is 19.2 Å². The van der Waals surface area contributed by atoms with Gasteiger partial charge in [-0.05, 0) is 58.5 Å². The molecule has 3 aliphatic rings. The first-order chi connectivity index (χ1) is 15.9. The molecule has 0 bridgehead atoms. The number of rotatable bonds is 4. The van der Waals surface area contributed by atoms with E-state index in [9.17, 15) is 19.7 Å². The van der Waals surface area contributed by atoms with Crippen molar-refractivity contribution in [2.45, 2.75) is 37.6 Å². The van der Waals surface area contributed by atoms with Crippen molar-refractivity contribution in [3.63, 3.8) is 0 Å². The minimum absolute atomic E-state index is 0.0994. The summed E-state index contributed by atoms with van der Waals surface area (Å²) in [7, 11) is 0. The fourth-order valence-electron chi connectivity index (χ4n) is 5.16. The molecule has 0 radical (unpaired) electrons.